The molecule has 0 saturated carbocycles. The van der Waals surface area contributed by atoms with E-state index in [2.05, 4.69) is 0 Å². The maximum atomic E-state index is 12.6. The van der Waals surface area contributed by atoms with Gasteiger partial charge in [0.15, 0.2) is 0 Å². The van der Waals surface area contributed by atoms with E-state index in [4.69, 9.17) is 9.88 Å². The fraction of sp³-hybridized carbons (Fsp3) is 0.562. The molecule has 1 atom stereocenters. The smallest absolute Gasteiger partial charge is 0.253 e. The molecule has 3 rings (SSSR count). The van der Waals surface area contributed by atoms with Gasteiger partial charge >= 0.3 is 0 Å². The first-order valence-electron chi connectivity index (χ1n) is 8.06. The Morgan fingerprint density at radius 2 is 2.04 bits per heavy atom. The van der Waals surface area contributed by atoms with Crippen LogP contribution in [0.2, 0.25) is 0 Å². The van der Waals surface area contributed by atoms with Gasteiger partial charge in [-0.1, -0.05) is 6.07 Å². The van der Waals surface area contributed by atoms with Gasteiger partial charge in [0, 0.05) is 25.3 Å². The number of aliphatic hydroxyl groups excluding tert-OH is 1. The van der Waals surface area contributed by atoms with Crippen molar-refractivity contribution >= 4 is 15.9 Å². The molecule has 1 aromatic rings. The number of rotatable bonds is 2. The minimum atomic E-state index is -3.84. The number of primary sulfonamides is 1. The number of hydrogen-bond acceptors (Lipinski definition) is 5. The zero-order valence-electron chi connectivity index (χ0n) is 13.3. The molecular weight excluding hydrogens is 332 g/mol. The molecule has 8 heteroatoms. The molecular formula is C16H22N2O5S. The summed E-state index contributed by atoms with van der Waals surface area (Å²) >= 11 is 0. The van der Waals surface area contributed by atoms with Crippen molar-refractivity contribution in [3.63, 3.8) is 0 Å². The summed E-state index contributed by atoms with van der Waals surface area (Å²) in [6.07, 6.45) is 2.24. The van der Waals surface area contributed by atoms with Gasteiger partial charge in [0.1, 0.15) is 0 Å². The number of ether oxygens (including phenoxy) is 1. The molecule has 7 nitrogen and oxygen atoms in total. The topological polar surface area (TPSA) is 110 Å². The quantitative estimate of drug-likeness (QED) is 0.803. The van der Waals surface area contributed by atoms with Crippen LogP contribution in [0.15, 0.2) is 29.2 Å². The van der Waals surface area contributed by atoms with E-state index in [-0.39, 0.29) is 10.8 Å². The van der Waals surface area contributed by atoms with Crippen LogP contribution in [0.5, 0.6) is 0 Å². The van der Waals surface area contributed by atoms with Crippen molar-refractivity contribution in [3.8, 4) is 0 Å². The molecule has 24 heavy (non-hydrogen) atoms. The summed E-state index contributed by atoms with van der Waals surface area (Å²) in [5, 5.41) is 15.4. The lowest BCUT2D eigenvalue weighted by atomic mass is 9.82. The van der Waals surface area contributed by atoms with E-state index in [1.807, 2.05) is 0 Å². The molecule has 1 spiro atoms. The minimum absolute atomic E-state index is 0.0761. The lowest BCUT2D eigenvalue weighted by molar-refractivity contribution is -0.174. The van der Waals surface area contributed by atoms with Gasteiger partial charge in [-0.3, -0.25) is 4.79 Å². The van der Waals surface area contributed by atoms with Gasteiger partial charge in [-0.05, 0) is 43.9 Å². The average Bonchev–Trinajstić information content (AvgIpc) is 2.57. The first-order chi connectivity index (χ1) is 11.3. The minimum Gasteiger partial charge on any atom is -0.390 e. The molecule has 1 amide bonds. The molecule has 2 aliphatic rings. The van der Waals surface area contributed by atoms with Crippen molar-refractivity contribution < 1.29 is 23.1 Å². The number of nitrogens with zero attached hydrogens (tertiary/aromatic N) is 1. The van der Waals surface area contributed by atoms with E-state index in [0.717, 1.165) is 12.8 Å². The van der Waals surface area contributed by atoms with Crippen LogP contribution in [0, 0.1) is 0 Å². The van der Waals surface area contributed by atoms with Crippen molar-refractivity contribution in [2.75, 3.05) is 19.7 Å². The molecule has 132 valence electrons. The van der Waals surface area contributed by atoms with Crippen LogP contribution in [0.25, 0.3) is 0 Å². The summed E-state index contributed by atoms with van der Waals surface area (Å²) < 4.78 is 28.7. The number of likely N-dealkylation sites (tertiary alicyclic amines) is 1. The number of aliphatic hydroxyl groups is 1. The first kappa shape index (κ1) is 17.3. The molecule has 2 saturated heterocycles. The number of sulfonamides is 1. The van der Waals surface area contributed by atoms with Crippen molar-refractivity contribution in [2.45, 2.75) is 42.3 Å². The average molecular weight is 354 g/mol. The summed E-state index contributed by atoms with van der Waals surface area (Å²) in [5.74, 6) is -0.236. The Morgan fingerprint density at radius 3 is 2.67 bits per heavy atom. The second kappa shape index (κ2) is 6.44. The summed E-state index contributed by atoms with van der Waals surface area (Å²) in [7, 11) is -3.84. The third-order valence-electron chi connectivity index (χ3n) is 4.93. The molecule has 0 bridgehead atoms. The Morgan fingerprint density at radius 1 is 1.33 bits per heavy atom. The third-order valence-corrected chi connectivity index (χ3v) is 5.84. The van der Waals surface area contributed by atoms with Crippen LogP contribution in [0.4, 0.5) is 0 Å². The Labute approximate surface area is 141 Å². The van der Waals surface area contributed by atoms with Gasteiger partial charge in [-0.15, -0.1) is 0 Å². The summed E-state index contributed by atoms with van der Waals surface area (Å²) in [6.45, 7) is 1.58. The Bertz CT molecular complexity index is 726. The van der Waals surface area contributed by atoms with Gasteiger partial charge in [0.05, 0.1) is 16.6 Å². The zero-order chi connectivity index (χ0) is 17.4. The van der Waals surface area contributed by atoms with E-state index in [9.17, 15) is 18.3 Å². The number of amides is 1. The zero-order valence-corrected chi connectivity index (χ0v) is 14.2. The SMILES string of the molecule is NS(=O)(=O)c1cccc(C(=O)N2CCC3(CC2)OCCCC3O)c1. The van der Waals surface area contributed by atoms with Gasteiger partial charge < -0.3 is 14.7 Å². The molecule has 1 aromatic carbocycles. The second-order valence-corrected chi connectivity index (χ2v) is 8.00. The maximum absolute atomic E-state index is 12.6. The number of piperidine rings is 1. The fourth-order valence-corrected chi connectivity index (χ4v) is 4.03. The van der Waals surface area contributed by atoms with Gasteiger partial charge in [0.2, 0.25) is 10.0 Å². The molecule has 0 aromatic heterocycles. The summed E-state index contributed by atoms with van der Waals surface area (Å²) in [5.41, 5.74) is -0.250. The number of carbonyl (C=O) groups is 1. The molecule has 1 unspecified atom stereocenters. The van der Waals surface area contributed by atoms with Crippen molar-refractivity contribution in [1.82, 2.24) is 4.90 Å². The molecule has 0 radical (unpaired) electrons. The van der Waals surface area contributed by atoms with Crippen LogP contribution in [-0.2, 0) is 14.8 Å². The highest BCUT2D eigenvalue weighted by Crippen LogP contribution is 2.35. The summed E-state index contributed by atoms with van der Waals surface area (Å²) in [4.78, 5) is 14.2. The van der Waals surface area contributed by atoms with E-state index in [1.54, 1.807) is 11.0 Å². The standard InChI is InChI=1S/C16H22N2O5S/c17-24(21,22)13-4-1-3-12(11-13)15(20)18-8-6-16(7-9-18)14(19)5-2-10-23-16/h1,3-4,11,14,19H,2,5-10H2,(H2,17,21,22). The highest BCUT2D eigenvalue weighted by Gasteiger charge is 2.44. The van der Waals surface area contributed by atoms with Crippen LogP contribution in [-0.4, -0.2) is 55.7 Å². The Kier molecular flexibility index (Phi) is 4.65. The molecule has 2 heterocycles. The monoisotopic (exact) mass is 354 g/mol. The van der Waals surface area contributed by atoms with E-state index in [1.165, 1.54) is 18.2 Å². The van der Waals surface area contributed by atoms with Gasteiger partial charge in [0.25, 0.3) is 5.91 Å². The highest BCUT2D eigenvalue weighted by molar-refractivity contribution is 7.89. The van der Waals surface area contributed by atoms with Crippen LogP contribution in [0.1, 0.15) is 36.0 Å². The van der Waals surface area contributed by atoms with Gasteiger partial charge in [-0.2, -0.15) is 0 Å². The fourth-order valence-electron chi connectivity index (χ4n) is 3.47. The maximum Gasteiger partial charge on any atom is 0.253 e. The first-order valence-corrected chi connectivity index (χ1v) is 9.61. The molecule has 2 fully saturated rings. The van der Waals surface area contributed by atoms with Gasteiger partial charge in [-0.25, -0.2) is 13.6 Å². The lowest BCUT2D eigenvalue weighted by Crippen LogP contribution is -2.56. The van der Waals surface area contributed by atoms with Crippen LogP contribution >= 0.6 is 0 Å². The normalized spacial score (nSPS) is 24.1. The number of hydrogen-bond donors (Lipinski definition) is 2. The number of carbonyl (C=O) groups excluding carboxylic acids is 1. The predicted octanol–water partition coefficient (Wildman–Crippen LogP) is 0.480. The highest BCUT2D eigenvalue weighted by atomic mass is 32.2. The van der Waals surface area contributed by atoms with Crippen LogP contribution in [0.3, 0.4) is 0 Å². The Hall–Kier alpha value is -1.48. The van der Waals surface area contributed by atoms with Crippen molar-refractivity contribution in [1.29, 1.82) is 0 Å². The van der Waals surface area contributed by atoms with Crippen molar-refractivity contribution in [2.24, 2.45) is 5.14 Å². The summed E-state index contributed by atoms with van der Waals surface area (Å²) in [6, 6.07) is 5.75. The van der Waals surface area contributed by atoms with E-state index < -0.39 is 21.7 Å². The predicted molar refractivity (Wildman–Crippen MR) is 86.9 cm³/mol. The molecule has 2 aliphatic heterocycles. The molecule has 0 aliphatic carbocycles. The number of nitrogens with two attached hydrogens (primary N) is 1. The second-order valence-electron chi connectivity index (χ2n) is 6.44. The molecule has 3 N–H and O–H groups in total. The Balaban J connectivity index is 1.72. The largest absolute Gasteiger partial charge is 0.390 e. The van der Waals surface area contributed by atoms with E-state index >= 15 is 0 Å². The number of benzene rings is 1. The van der Waals surface area contributed by atoms with Crippen molar-refractivity contribution in [3.05, 3.63) is 29.8 Å². The van der Waals surface area contributed by atoms with E-state index in [0.29, 0.717) is 38.1 Å². The van der Waals surface area contributed by atoms with Crippen LogP contribution < -0.4 is 5.14 Å². The lowest BCUT2D eigenvalue weighted by Gasteiger charge is -2.46. The third kappa shape index (κ3) is 3.32.